The monoisotopic (exact) mass is 348 g/mol. The van der Waals surface area contributed by atoms with E-state index in [0.29, 0.717) is 11.8 Å². The Morgan fingerprint density at radius 1 is 0.739 bits per heavy atom. The van der Waals surface area contributed by atoms with Gasteiger partial charge in [0.1, 0.15) is 0 Å². The zero-order valence-electron chi connectivity index (χ0n) is 14.0. The van der Waals surface area contributed by atoms with Gasteiger partial charge in [0.05, 0.1) is 0 Å². The van der Waals surface area contributed by atoms with E-state index in [-0.39, 0.29) is 0 Å². The van der Waals surface area contributed by atoms with E-state index in [4.69, 9.17) is 15.1 Å². The number of hydrogen-bond donors (Lipinski definition) is 2. The van der Waals surface area contributed by atoms with Gasteiger partial charge in [-0.05, 0) is 59.4 Å². The van der Waals surface area contributed by atoms with E-state index in [0.717, 1.165) is 32.3 Å². The highest BCUT2D eigenvalue weighted by molar-refractivity contribution is 8.07. The summed E-state index contributed by atoms with van der Waals surface area (Å²) in [5, 5.41) is 0. The van der Waals surface area contributed by atoms with Crippen LogP contribution in [0.4, 0.5) is 11.4 Å². The minimum Gasteiger partial charge on any atom is -0.398 e. The fourth-order valence-corrected chi connectivity index (χ4v) is 3.67. The largest absolute Gasteiger partial charge is 0.398 e. The van der Waals surface area contributed by atoms with Crippen LogP contribution in [-0.2, 0) is 3.63 Å². The van der Waals surface area contributed by atoms with Crippen molar-refractivity contribution in [2.24, 2.45) is 0 Å². The maximum Gasteiger partial charge on any atom is 0.0447 e. The smallest absolute Gasteiger partial charge is 0.0447 e. The van der Waals surface area contributed by atoms with Crippen LogP contribution in [0.25, 0.3) is 0 Å². The van der Waals surface area contributed by atoms with Crippen LogP contribution < -0.4 is 11.5 Å². The number of anilines is 2. The summed E-state index contributed by atoms with van der Waals surface area (Å²) in [4.78, 5) is 2.10. The maximum atomic E-state index is 6.00. The summed E-state index contributed by atoms with van der Waals surface area (Å²) in [6.45, 7) is 8.55. The predicted molar refractivity (Wildman–Crippen MR) is 103 cm³/mol. The van der Waals surface area contributed by atoms with Gasteiger partial charge in [-0.25, -0.2) is 3.63 Å². The van der Waals surface area contributed by atoms with Crippen molar-refractivity contribution in [3.05, 3.63) is 47.5 Å². The molecule has 2 aromatic rings. The Morgan fingerprint density at radius 2 is 1.13 bits per heavy atom. The highest BCUT2D eigenvalue weighted by atomic mass is 32.2. The molecule has 0 saturated carbocycles. The van der Waals surface area contributed by atoms with Gasteiger partial charge in [0.25, 0.3) is 0 Å². The molecule has 0 atom stereocenters. The number of nitrogens with two attached hydrogens (primary N) is 2. The molecule has 0 radical (unpaired) electrons. The maximum absolute atomic E-state index is 6.00. The molecular formula is C18H24N2OS2. The second kappa shape index (κ2) is 7.99. The Balaban J connectivity index is 2.00. The molecule has 0 aliphatic rings. The lowest BCUT2D eigenvalue weighted by Crippen LogP contribution is -1.96. The standard InChI is InChI=1S/C18H24N2OS2/c1-11(2)15-9-13(5-7-17(15)19)22-21-23-14-6-8-18(20)16(10-14)12(3)4/h5-12H,19-20H2,1-4H3. The second-order valence-corrected chi connectivity index (χ2v) is 7.95. The summed E-state index contributed by atoms with van der Waals surface area (Å²) >= 11 is 2.70. The van der Waals surface area contributed by atoms with Crippen LogP contribution in [0.1, 0.15) is 50.7 Å². The minimum atomic E-state index is 0.397. The van der Waals surface area contributed by atoms with Gasteiger partial charge in [-0.2, -0.15) is 0 Å². The van der Waals surface area contributed by atoms with E-state index in [1.165, 1.54) is 24.1 Å². The van der Waals surface area contributed by atoms with Gasteiger partial charge in [-0.3, -0.25) is 0 Å². The lowest BCUT2D eigenvalue weighted by molar-refractivity contribution is 0.755. The molecule has 0 fully saturated rings. The molecular weight excluding hydrogens is 324 g/mol. The van der Waals surface area contributed by atoms with Crippen LogP contribution in [0.15, 0.2) is 46.2 Å². The summed E-state index contributed by atoms with van der Waals surface area (Å²) in [7, 11) is 0. The molecule has 0 bridgehead atoms. The lowest BCUT2D eigenvalue weighted by atomic mass is 10.0. The zero-order valence-corrected chi connectivity index (χ0v) is 15.6. The molecule has 0 aliphatic carbocycles. The van der Waals surface area contributed by atoms with E-state index in [9.17, 15) is 0 Å². The molecule has 0 spiro atoms. The molecule has 23 heavy (non-hydrogen) atoms. The molecule has 0 saturated heterocycles. The van der Waals surface area contributed by atoms with Gasteiger partial charge < -0.3 is 11.5 Å². The fraction of sp³-hybridized carbons (Fsp3) is 0.333. The third kappa shape index (κ3) is 4.83. The fourth-order valence-electron chi connectivity index (χ4n) is 2.30. The van der Waals surface area contributed by atoms with Gasteiger partial charge >= 0.3 is 0 Å². The van der Waals surface area contributed by atoms with Crippen molar-refractivity contribution < 1.29 is 3.63 Å². The van der Waals surface area contributed by atoms with Crippen molar-refractivity contribution in [1.82, 2.24) is 0 Å². The van der Waals surface area contributed by atoms with Gasteiger partial charge in [0.15, 0.2) is 0 Å². The first kappa shape index (κ1) is 18.0. The number of rotatable bonds is 6. The number of benzene rings is 2. The number of nitrogen functional groups attached to an aromatic ring is 2. The first-order valence-corrected chi connectivity index (χ1v) is 9.16. The molecule has 2 aromatic carbocycles. The summed E-state index contributed by atoms with van der Waals surface area (Å²) in [6, 6.07) is 12.0. The Bertz CT molecular complexity index is 615. The molecule has 0 amide bonds. The van der Waals surface area contributed by atoms with Crippen LogP contribution >= 0.6 is 24.1 Å². The highest BCUT2D eigenvalue weighted by Gasteiger charge is 2.08. The SMILES string of the molecule is CC(C)c1cc(SOSc2ccc(N)c(C(C)C)c2)ccc1N. The third-order valence-corrected chi connectivity index (χ3v) is 5.06. The van der Waals surface area contributed by atoms with E-state index >= 15 is 0 Å². The van der Waals surface area contributed by atoms with E-state index in [1.807, 2.05) is 24.3 Å². The first-order valence-electron chi connectivity index (χ1n) is 7.68. The summed E-state index contributed by atoms with van der Waals surface area (Å²) in [5.74, 6) is 0.794. The van der Waals surface area contributed by atoms with Crippen LogP contribution in [0.3, 0.4) is 0 Å². The van der Waals surface area contributed by atoms with Crippen LogP contribution in [0.5, 0.6) is 0 Å². The molecule has 0 aromatic heterocycles. The zero-order chi connectivity index (χ0) is 17.0. The minimum absolute atomic E-state index is 0.397. The molecule has 2 rings (SSSR count). The third-order valence-electron chi connectivity index (χ3n) is 3.62. The van der Waals surface area contributed by atoms with Crippen molar-refractivity contribution in [3.63, 3.8) is 0 Å². The highest BCUT2D eigenvalue weighted by Crippen LogP contribution is 2.34. The molecule has 124 valence electrons. The van der Waals surface area contributed by atoms with Crippen LogP contribution in [0.2, 0.25) is 0 Å². The van der Waals surface area contributed by atoms with Crippen LogP contribution in [0, 0.1) is 0 Å². The van der Waals surface area contributed by atoms with E-state index in [2.05, 4.69) is 39.8 Å². The van der Waals surface area contributed by atoms with Gasteiger partial charge in [0.2, 0.25) is 0 Å². The van der Waals surface area contributed by atoms with Gasteiger partial charge in [0, 0.05) is 45.3 Å². The Kier molecular flexibility index (Phi) is 6.27. The van der Waals surface area contributed by atoms with Crippen molar-refractivity contribution in [2.45, 2.75) is 49.3 Å². The van der Waals surface area contributed by atoms with Gasteiger partial charge in [-0.15, -0.1) is 0 Å². The first-order chi connectivity index (χ1) is 10.9. The summed E-state index contributed by atoms with van der Waals surface area (Å²) < 4.78 is 5.71. The molecule has 0 heterocycles. The molecule has 5 heteroatoms. The van der Waals surface area contributed by atoms with Crippen LogP contribution in [-0.4, -0.2) is 0 Å². The van der Waals surface area contributed by atoms with Crippen molar-refractivity contribution in [3.8, 4) is 0 Å². The average molecular weight is 349 g/mol. The Hall–Kier alpha value is -1.30. The molecule has 0 unspecified atom stereocenters. The Labute approximate surface area is 147 Å². The molecule has 4 N–H and O–H groups in total. The Morgan fingerprint density at radius 3 is 1.48 bits per heavy atom. The second-order valence-electron chi connectivity index (χ2n) is 6.13. The van der Waals surface area contributed by atoms with Crippen molar-refractivity contribution >= 4 is 35.5 Å². The normalized spacial score (nSPS) is 11.4. The number of hydrogen-bond acceptors (Lipinski definition) is 5. The van der Waals surface area contributed by atoms with Crippen molar-refractivity contribution in [2.75, 3.05) is 11.5 Å². The predicted octanol–water partition coefficient (Wildman–Crippen LogP) is 5.83. The summed E-state index contributed by atoms with van der Waals surface area (Å²) in [6.07, 6.45) is 0. The lowest BCUT2D eigenvalue weighted by Gasteiger charge is -2.12. The average Bonchev–Trinajstić information content (AvgIpc) is 2.50. The topological polar surface area (TPSA) is 61.3 Å². The van der Waals surface area contributed by atoms with E-state index < -0.39 is 0 Å². The quantitative estimate of drug-likeness (QED) is 0.508. The van der Waals surface area contributed by atoms with Gasteiger partial charge in [-0.1, -0.05) is 27.7 Å². The summed E-state index contributed by atoms with van der Waals surface area (Å²) in [5.41, 5.74) is 16.0. The van der Waals surface area contributed by atoms with Crippen molar-refractivity contribution in [1.29, 1.82) is 0 Å². The molecule has 0 aliphatic heterocycles. The molecule has 3 nitrogen and oxygen atoms in total. The van der Waals surface area contributed by atoms with E-state index in [1.54, 1.807) is 0 Å².